The number of halogens is 4. The van der Waals surface area contributed by atoms with E-state index in [1.54, 1.807) is 13.1 Å². The molecule has 1 aromatic heterocycles. The third-order valence-corrected chi connectivity index (χ3v) is 4.68. The van der Waals surface area contributed by atoms with Crippen LogP contribution < -0.4 is 5.32 Å². The van der Waals surface area contributed by atoms with Gasteiger partial charge in [0, 0.05) is 19.5 Å². The number of hydrogen-bond acceptors (Lipinski definition) is 3. The minimum absolute atomic E-state index is 0.237. The molecule has 0 saturated carbocycles. The Morgan fingerprint density at radius 3 is 2.44 bits per heavy atom. The molecule has 2 amide bonds. The molecule has 0 spiro atoms. The van der Waals surface area contributed by atoms with Crippen LogP contribution >= 0.6 is 11.6 Å². The quantitative estimate of drug-likeness (QED) is 0.636. The van der Waals surface area contributed by atoms with E-state index in [0.717, 1.165) is 12.1 Å². The van der Waals surface area contributed by atoms with Crippen LogP contribution in [-0.4, -0.2) is 35.3 Å². The van der Waals surface area contributed by atoms with Gasteiger partial charge in [-0.1, -0.05) is 23.7 Å². The number of hydrogen-bond donors (Lipinski definition) is 1. The van der Waals surface area contributed by atoms with Crippen LogP contribution in [0.2, 0.25) is 5.15 Å². The number of carbonyl (C=O) groups is 2. The molecule has 2 atom stereocenters. The van der Waals surface area contributed by atoms with E-state index in [9.17, 15) is 22.8 Å². The molecule has 1 N–H and O–H groups in total. The Morgan fingerprint density at radius 1 is 1.22 bits per heavy atom. The lowest BCUT2D eigenvalue weighted by atomic mass is 9.87. The van der Waals surface area contributed by atoms with Gasteiger partial charge in [0.15, 0.2) is 0 Å². The first-order valence-corrected chi connectivity index (χ1v) is 8.39. The number of nitrogens with zero attached hydrogens (tertiary/aromatic N) is 2. The molecule has 3 rings (SSSR count). The highest BCUT2D eigenvalue weighted by Gasteiger charge is 2.44. The van der Waals surface area contributed by atoms with E-state index in [4.69, 9.17) is 11.6 Å². The van der Waals surface area contributed by atoms with Crippen LogP contribution in [-0.2, 0) is 15.8 Å². The standard InChI is InChI=1S/C18H15ClF3N3O2/c1-25-9-13(10-2-4-11(5-3-10)18(20,21)22)15(17(25)27)16(26)24-12-6-7-14(19)23-8-12/h2-8,13,15H,9H2,1H3,(H,24,26)/t13-,15+/m0/s1. The van der Waals surface area contributed by atoms with Crippen LogP contribution in [0.4, 0.5) is 18.9 Å². The predicted octanol–water partition coefficient (Wildman–Crippen LogP) is 3.56. The lowest BCUT2D eigenvalue weighted by molar-refractivity contribution is -0.138. The third kappa shape index (κ3) is 4.05. The first-order valence-electron chi connectivity index (χ1n) is 8.01. The van der Waals surface area contributed by atoms with Crippen molar-refractivity contribution in [2.45, 2.75) is 12.1 Å². The van der Waals surface area contributed by atoms with Gasteiger partial charge in [-0.2, -0.15) is 13.2 Å². The van der Waals surface area contributed by atoms with Crippen LogP contribution in [0.1, 0.15) is 17.0 Å². The maximum absolute atomic E-state index is 12.8. The number of pyridine rings is 1. The Morgan fingerprint density at radius 2 is 1.89 bits per heavy atom. The lowest BCUT2D eigenvalue weighted by Gasteiger charge is -2.17. The zero-order valence-corrected chi connectivity index (χ0v) is 14.9. The van der Waals surface area contributed by atoms with Crippen LogP contribution in [0, 0.1) is 5.92 Å². The van der Waals surface area contributed by atoms with E-state index in [-0.39, 0.29) is 17.6 Å². The van der Waals surface area contributed by atoms with Crippen LogP contribution in [0.15, 0.2) is 42.6 Å². The molecule has 27 heavy (non-hydrogen) atoms. The number of alkyl halides is 3. The summed E-state index contributed by atoms with van der Waals surface area (Å²) in [6, 6.07) is 7.57. The lowest BCUT2D eigenvalue weighted by Crippen LogP contribution is -2.32. The Hall–Kier alpha value is -2.61. The van der Waals surface area contributed by atoms with Gasteiger partial charge in [-0.3, -0.25) is 9.59 Å². The maximum atomic E-state index is 12.8. The normalized spacial score (nSPS) is 20.0. The van der Waals surface area contributed by atoms with Gasteiger partial charge in [0.25, 0.3) is 0 Å². The Balaban J connectivity index is 1.84. The Bertz CT molecular complexity index is 854. The van der Waals surface area contributed by atoms with Gasteiger partial charge in [0.1, 0.15) is 11.1 Å². The molecule has 0 aliphatic carbocycles. The molecule has 142 valence electrons. The number of amides is 2. The average Bonchev–Trinajstić information content (AvgIpc) is 2.91. The molecule has 5 nitrogen and oxygen atoms in total. The largest absolute Gasteiger partial charge is 0.416 e. The van der Waals surface area contributed by atoms with Gasteiger partial charge in [0.05, 0.1) is 17.4 Å². The number of anilines is 1. The summed E-state index contributed by atoms with van der Waals surface area (Å²) in [6.45, 7) is 0.237. The van der Waals surface area contributed by atoms with E-state index >= 15 is 0 Å². The van der Waals surface area contributed by atoms with Crippen LogP contribution in [0.3, 0.4) is 0 Å². The number of likely N-dealkylation sites (tertiary alicyclic amines) is 1. The number of rotatable bonds is 3. The second kappa shape index (κ2) is 7.19. The SMILES string of the molecule is CN1C[C@@H](c2ccc(C(F)(F)F)cc2)[C@H](C(=O)Nc2ccc(Cl)nc2)C1=O. The second-order valence-electron chi connectivity index (χ2n) is 6.28. The number of likely N-dealkylation sites (N-methyl/N-ethyl adjacent to an activating group) is 1. The van der Waals surface area contributed by atoms with Crippen molar-refractivity contribution < 1.29 is 22.8 Å². The highest BCUT2D eigenvalue weighted by atomic mass is 35.5. The van der Waals surface area contributed by atoms with Gasteiger partial charge in [-0.15, -0.1) is 0 Å². The fraction of sp³-hybridized carbons (Fsp3) is 0.278. The number of carbonyl (C=O) groups excluding carboxylic acids is 2. The van der Waals surface area contributed by atoms with Gasteiger partial charge in [0.2, 0.25) is 11.8 Å². The monoisotopic (exact) mass is 397 g/mol. The van der Waals surface area contributed by atoms with Gasteiger partial charge < -0.3 is 10.2 Å². The predicted molar refractivity (Wildman–Crippen MR) is 93.2 cm³/mol. The highest BCUT2D eigenvalue weighted by molar-refractivity contribution is 6.29. The molecule has 1 fully saturated rings. The zero-order valence-electron chi connectivity index (χ0n) is 14.1. The van der Waals surface area contributed by atoms with Crippen molar-refractivity contribution >= 4 is 29.1 Å². The molecule has 0 radical (unpaired) electrons. The van der Waals surface area contributed by atoms with Crippen molar-refractivity contribution in [1.82, 2.24) is 9.88 Å². The van der Waals surface area contributed by atoms with Gasteiger partial charge in [-0.25, -0.2) is 4.98 Å². The number of nitrogens with one attached hydrogen (secondary N) is 1. The third-order valence-electron chi connectivity index (χ3n) is 4.46. The fourth-order valence-corrected chi connectivity index (χ4v) is 3.19. The summed E-state index contributed by atoms with van der Waals surface area (Å²) >= 11 is 5.70. The molecule has 2 heterocycles. The van der Waals surface area contributed by atoms with Crippen LogP contribution in [0.5, 0.6) is 0 Å². The van der Waals surface area contributed by atoms with Crippen molar-refractivity contribution in [3.8, 4) is 0 Å². The summed E-state index contributed by atoms with van der Waals surface area (Å²) in [7, 11) is 1.55. The van der Waals surface area contributed by atoms with E-state index in [2.05, 4.69) is 10.3 Å². The number of benzene rings is 1. The number of aromatic nitrogens is 1. The van der Waals surface area contributed by atoms with Crippen molar-refractivity contribution in [2.24, 2.45) is 5.92 Å². The topological polar surface area (TPSA) is 62.3 Å². The molecule has 2 aromatic rings. The smallest absolute Gasteiger partial charge is 0.344 e. The zero-order chi connectivity index (χ0) is 19.8. The van der Waals surface area contributed by atoms with E-state index in [1.165, 1.54) is 29.3 Å². The fourth-order valence-electron chi connectivity index (χ4n) is 3.08. The summed E-state index contributed by atoms with van der Waals surface area (Å²) in [5, 5.41) is 2.87. The second-order valence-corrected chi connectivity index (χ2v) is 6.67. The van der Waals surface area contributed by atoms with E-state index < -0.39 is 29.5 Å². The summed E-state index contributed by atoms with van der Waals surface area (Å²) < 4.78 is 38.3. The first-order chi connectivity index (χ1) is 12.7. The first kappa shape index (κ1) is 19.2. The van der Waals surface area contributed by atoms with Gasteiger partial charge >= 0.3 is 6.18 Å². The summed E-state index contributed by atoms with van der Waals surface area (Å²) in [5.74, 6) is -2.52. The van der Waals surface area contributed by atoms with E-state index in [0.29, 0.717) is 11.3 Å². The van der Waals surface area contributed by atoms with Gasteiger partial charge in [-0.05, 0) is 29.8 Å². The Labute approximate surface area is 158 Å². The summed E-state index contributed by atoms with van der Waals surface area (Å²) in [4.78, 5) is 30.4. The molecule has 0 bridgehead atoms. The molecule has 1 saturated heterocycles. The molecular weight excluding hydrogens is 383 g/mol. The maximum Gasteiger partial charge on any atom is 0.416 e. The summed E-state index contributed by atoms with van der Waals surface area (Å²) in [6.07, 6.45) is -3.09. The minimum Gasteiger partial charge on any atom is -0.344 e. The molecule has 9 heteroatoms. The summed E-state index contributed by atoms with van der Waals surface area (Å²) in [5.41, 5.74) is 0.0881. The average molecular weight is 398 g/mol. The molecule has 1 aromatic carbocycles. The van der Waals surface area contributed by atoms with Crippen molar-refractivity contribution in [3.63, 3.8) is 0 Å². The molecule has 1 aliphatic heterocycles. The van der Waals surface area contributed by atoms with Crippen molar-refractivity contribution in [2.75, 3.05) is 18.9 Å². The van der Waals surface area contributed by atoms with Crippen molar-refractivity contribution in [3.05, 3.63) is 58.9 Å². The molecular formula is C18H15ClF3N3O2. The van der Waals surface area contributed by atoms with Crippen LogP contribution in [0.25, 0.3) is 0 Å². The van der Waals surface area contributed by atoms with E-state index in [1.807, 2.05) is 0 Å². The highest BCUT2D eigenvalue weighted by Crippen LogP contribution is 2.36. The Kier molecular flexibility index (Phi) is 5.10. The van der Waals surface area contributed by atoms with Crippen molar-refractivity contribution in [1.29, 1.82) is 0 Å². The molecule has 0 unspecified atom stereocenters. The molecule has 1 aliphatic rings. The minimum atomic E-state index is -4.45.